The fourth-order valence-corrected chi connectivity index (χ4v) is 3.00. The number of hydrogen-bond acceptors (Lipinski definition) is 5. The number of amides is 2. The third kappa shape index (κ3) is 4.83. The molecule has 0 bridgehead atoms. The molecule has 0 aliphatic carbocycles. The zero-order valence-corrected chi connectivity index (χ0v) is 17.1. The van der Waals surface area contributed by atoms with Crippen molar-refractivity contribution >= 4 is 28.4 Å². The molecule has 2 aromatic carbocycles. The Balaban J connectivity index is 1.74. The number of nitrogens with zero attached hydrogens (tertiary/aromatic N) is 1. The van der Waals surface area contributed by atoms with E-state index in [0.717, 1.165) is 0 Å². The van der Waals surface area contributed by atoms with Gasteiger partial charge in [0, 0.05) is 11.3 Å². The molecule has 0 aliphatic heterocycles. The third-order valence-corrected chi connectivity index (χ3v) is 4.57. The van der Waals surface area contributed by atoms with Crippen LogP contribution in [-0.4, -0.2) is 34.4 Å². The van der Waals surface area contributed by atoms with Gasteiger partial charge in [-0.2, -0.15) is 0 Å². The first-order valence-electron chi connectivity index (χ1n) is 9.71. The fourth-order valence-electron chi connectivity index (χ4n) is 3.00. The van der Waals surface area contributed by atoms with Crippen LogP contribution in [0.1, 0.15) is 31.1 Å². The maximum absolute atomic E-state index is 12.8. The van der Waals surface area contributed by atoms with Gasteiger partial charge in [-0.05, 0) is 55.3 Å². The van der Waals surface area contributed by atoms with Crippen molar-refractivity contribution in [1.29, 1.82) is 0 Å². The van der Waals surface area contributed by atoms with Gasteiger partial charge in [0.05, 0.1) is 23.8 Å². The highest BCUT2D eigenvalue weighted by Gasteiger charge is 2.25. The molecule has 1 heterocycles. The van der Waals surface area contributed by atoms with Crippen LogP contribution in [0.3, 0.4) is 0 Å². The molecule has 0 saturated heterocycles. The molecule has 2 amide bonds. The number of nitrogens with one attached hydrogen (secondary N) is 3. The monoisotopic (exact) mass is 408 g/mol. The molecule has 8 heteroatoms. The summed E-state index contributed by atoms with van der Waals surface area (Å²) in [6.45, 7) is 6.11. The summed E-state index contributed by atoms with van der Waals surface area (Å²) in [5.74, 6) is -0.204. The predicted molar refractivity (Wildman–Crippen MR) is 115 cm³/mol. The minimum atomic E-state index is -0.757. The largest absolute Gasteiger partial charge is 0.494 e. The Kier molecular flexibility index (Phi) is 6.46. The summed E-state index contributed by atoms with van der Waals surface area (Å²) < 4.78 is 5.38. The van der Waals surface area contributed by atoms with Crippen LogP contribution < -0.4 is 20.9 Å². The lowest BCUT2D eigenvalue weighted by Crippen LogP contribution is -2.47. The number of carbonyl (C=O) groups is 2. The second-order valence-corrected chi connectivity index (χ2v) is 7.11. The Morgan fingerprint density at radius 1 is 1.13 bits per heavy atom. The van der Waals surface area contributed by atoms with Gasteiger partial charge in [0.15, 0.2) is 0 Å². The van der Waals surface area contributed by atoms with Gasteiger partial charge in [0.1, 0.15) is 11.8 Å². The Bertz CT molecular complexity index is 1110. The van der Waals surface area contributed by atoms with Gasteiger partial charge in [0.2, 0.25) is 5.91 Å². The lowest BCUT2D eigenvalue weighted by atomic mass is 10.0. The molecule has 1 aromatic heterocycles. The van der Waals surface area contributed by atoms with Gasteiger partial charge in [-0.1, -0.05) is 13.8 Å². The first-order valence-corrected chi connectivity index (χ1v) is 9.71. The molecular formula is C22H24N4O4. The highest BCUT2D eigenvalue weighted by atomic mass is 16.5. The van der Waals surface area contributed by atoms with E-state index in [0.29, 0.717) is 34.5 Å². The normalized spacial score (nSPS) is 11.9. The summed E-state index contributed by atoms with van der Waals surface area (Å²) in [5.41, 5.74) is 1.12. The highest BCUT2D eigenvalue weighted by Crippen LogP contribution is 2.16. The maximum Gasteiger partial charge on any atom is 0.258 e. The summed E-state index contributed by atoms with van der Waals surface area (Å²) in [6, 6.07) is 10.8. The SMILES string of the molecule is CCOc1ccc(C(=O)NC(C(=O)Nc2ccc3nc[nH]c(=O)c3c2)C(C)C)cc1. The molecule has 3 aromatic rings. The topological polar surface area (TPSA) is 113 Å². The van der Waals surface area contributed by atoms with E-state index in [-0.39, 0.29) is 23.3 Å². The van der Waals surface area contributed by atoms with Crippen LogP contribution in [-0.2, 0) is 4.79 Å². The van der Waals surface area contributed by atoms with Crippen LogP contribution in [0.25, 0.3) is 10.9 Å². The minimum absolute atomic E-state index is 0.151. The smallest absolute Gasteiger partial charge is 0.258 e. The van der Waals surface area contributed by atoms with Crippen molar-refractivity contribution in [1.82, 2.24) is 15.3 Å². The summed E-state index contributed by atoms with van der Waals surface area (Å²) in [4.78, 5) is 44.0. The van der Waals surface area contributed by atoms with Gasteiger partial charge in [-0.15, -0.1) is 0 Å². The first-order chi connectivity index (χ1) is 14.4. The third-order valence-electron chi connectivity index (χ3n) is 4.57. The van der Waals surface area contributed by atoms with Crippen molar-refractivity contribution in [2.75, 3.05) is 11.9 Å². The van der Waals surface area contributed by atoms with Gasteiger partial charge < -0.3 is 20.4 Å². The van der Waals surface area contributed by atoms with Crippen LogP contribution in [0.15, 0.2) is 53.6 Å². The number of benzene rings is 2. The minimum Gasteiger partial charge on any atom is -0.494 e. The molecule has 0 radical (unpaired) electrons. The summed E-state index contributed by atoms with van der Waals surface area (Å²) in [6.07, 6.45) is 1.33. The molecule has 156 valence electrons. The van der Waals surface area contributed by atoms with Crippen LogP contribution in [0.2, 0.25) is 0 Å². The Hall–Kier alpha value is -3.68. The van der Waals surface area contributed by atoms with Crippen LogP contribution in [0.5, 0.6) is 5.75 Å². The molecule has 0 spiro atoms. The van der Waals surface area contributed by atoms with Crippen molar-refractivity contribution < 1.29 is 14.3 Å². The van der Waals surface area contributed by atoms with E-state index in [2.05, 4.69) is 20.6 Å². The Morgan fingerprint density at radius 3 is 2.53 bits per heavy atom. The number of H-pyrrole nitrogens is 1. The summed E-state index contributed by atoms with van der Waals surface area (Å²) in [7, 11) is 0. The zero-order valence-electron chi connectivity index (χ0n) is 17.1. The van der Waals surface area contributed by atoms with Crippen molar-refractivity contribution in [3.63, 3.8) is 0 Å². The van der Waals surface area contributed by atoms with Crippen molar-refractivity contribution in [3.05, 3.63) is 64.7 Å². The molecule has 3 N–H and O–H groups in total. The molecule has 0 aliphatic rings. The number of rotatable bonds is 7. The van der Waals surface area contributed by atoms with Crippen molar-refractivity contribution in [2.45, 2.75) is 26.8 Å². The van der Waals surface area contributed by atoms with E-state index in [1.54, 1.807) is 42.5 Å². The number of aromatic amines is 1. The average Bonchev–Trinajstić information content (AvgIpc) is 2.73. The van der Waals surface area contributed by atoms with Gasteiger partial charge in [-0.3, -0.25) is 14.4 Å². The van der Waals surface area contributed by atoms with E-state index in [1.165, 1.54) is 6.33 Å². The molecular weight excluding hydrogens is 384 g/mol. The molecule has 0 fully saturated rings. The van der Waals surface area contributed by atoms with E-state index < -0.39 is 6.04 Å². The van der Waals surface area contributed by atoms with E-state index >= 15 is 0 Å². The van der Waals surface area contributed by atoms with Gasteiger partial charge >= 0.3 is 0 Å². The second-order valence-electron chi connectivity index (χ2n) is 7.11. The molecule has 3 rings (SSSR count). The summed E-state index contributed by atoms with van der Waals surface area (Å²) >= 11 is 0. The van der Waals surface area contributed by atoms with Crippen molar-refractivity contribution in [2.24, 2.45) is 5.92 Å². The number of hydrogen-bond donors (Lipinski definition) is 3. The summed E-state index contributed by atoms with van der Waals surface area (Å²) in [5, 5.41) is 5.92. The van der Waals surface area contributed by atoms with Crippen LogP contribution >= 0.6 is 0 Å². The number of carbonyl (C=O) groups excluding carboxylic acids is 2. The number of aromatic nitrogens is 2. The quantitative estimate of drug-likeness (QED) is 0.556. The molecule has 1 atom stereocenters. The number of fused-ring (bicyclic) bond motifs is 1. The maximum atomic E-state index is 12.8. The lowest BCUT2D eigenvalue weighted by Gasteiger charge is -2.22. The van der Waals surface area contributed by atoms with Crippen molar-refractivity contribution in [3.8, 4) is 5.75 Å². The second kappa shape index (κ2) is 9.21. The lowest BCUT2D eigenvalue weighted by molar-refractivity contribution is -0.118. The Labute approximate surface area is 173 Å². The number of anilines is 1. The van der Waals surface area contributed by atoms with E-state index in [9.17, 15) is 14.4 Å². The molecule has 0 saturated carbocycles. The predicted octanol–water partition coefficient (Wildman–Crippen LogP) is 2.71. The van der Waals surface area contributed by atoms with Crippen LogP contribution in [0.4, 0.5) is 5.69 Å². The molecule has 8 nitrogen and oxygen atoms in total. The zero-order chi connectivity index (χ0) is 21.7. The van der Waals surface area contributed by atoms with E-state index in [1.807, 2.05) is 20.8 Å². The fraction of sp³-hybridized carbons (Fsp3) is 0.273. The van der Waals surface area contributed by atoms with Crippen LogP contribution in [0, 0.1) is 5.92 Å². The van der Waals surface area contributed by atoms with Gasteiger partial charge in [-0.25, -0.2) is 4.98 Å². The highest BCUT2D eigenvalue weighted by molar-refractivity contribution is 6.02. The first kappa shape index (κ1) is 21.0. The molecule has 1 unspecified atom stereocenters. The van der Waals surface area contributed by atoms with Gasteiger partial charge in [0.25, 0.3) is 11.5 Å². The average molecular weight is 408 g/mol. The molecule has 30 heavy (non-hydrogen) atoms. The Morgan fingerprint density at radius 2 is 1.87 bits per heavy atom. The number of ether oxygens (including phenoxy) is 1. The van der Waals surface area contributed by atoms with E-state index in [4.69, 9.17) is 4.74 Å². The standard InChI is InChI=1S/C22H24N4O4/c1-4-30-16-8-5-14(6-9-16)20(27)26-19(13(2)3)22(29)25-15-7-10-18-17(11-15)21(28)24-12-23-18/h5-13,19H,4H2,1-3H3,(H,25,29)(H,26,27)(H,23,24,28).